The van der Waals surface area contributed by atoms with Gasteiger partial charge in [-0.25, -0.2) is 0 Å². The number of rotatable bonds is 2. The van der Waals surface area contributed by atoms with Gasteiger partial charge in [0, 0.05) is 22.1 Å². The van der Waals surface area contributed by atoms with Gasteiger partial charge < -0.3 is 4.74 Å². The van der Waals surface area contributed by atoms with Crippen molar-refractivity contribution in [3.63, 3.8) is 0 Å². The lowest BCUT2D eigenvalue weighted by atomic mass is 9.51. The molecule has 32 heavy (non-hydrogen) atoms. The van der Waals surface area contributed by atoms with Crippen LogP contribution in [0.15, 0.2) is 64.1 Å². The first-order chi connectivity index (χ1) is 15.5. The van der Waals surface area contributed by atoms with Gasteiger partial charge in [-0.2, -0.15) is 0 Å². The zero-order valence-corrected chi connectivity index (χ0v) is 20.3. The lowest BCUT2D eigenvalue weighted by Gasteiger charge is -2.55. The standard InChI is InChI=1S/C29H34O2S/c1-18-15-23-20(16-26(18)30)7-10-22-25-11-13-29(12-4-14-31-29)28(25,2)17-24(27(22)23)19-5-8-21(32-3)9-6-19/h4-6,8-9,12,16,18,22,24-25H,7,10-11,13-15,17H2,1-3H3/t18-,22-,24+,25-,28-,29-/m0/s1. The van der Waals surface area contributed by atoms with E-state index in [1.54, 1.807) is 5.57 Å². The zero-order valence-electron chi connectivity index (χ0n) is 19.5. The zero-order chi connectivity index (χ0) is 22.1. The van der Waals surface area contributed by atoms with Crippen LogP contribution < -0.4 is 0 Å². The van der Waals surface area contributed by atoms with Gasteiger partial charge in [-0.3, -0.25) is 4.79 Å². The third-order valence-corrected chi connectivity index (χ3v) is 10.4. The maximum Gasteiger partial charge on any atom is 0.159 e. The Balaban J connectivity index is 1.52. The number of hydrogen-bond acceptors (Lipinski definition) is 3. The molecule has 168 valence electrons. The molecule has 3 heteroatoms. The molecule has 0 unspecified atom stereocenters. The first kappa shape index (κ1) is 21.0. The fraction of sp³-hybridized carbons (Fsp3) is 0.552. The van der Waals surface area contributed by atoms with E-state index in [9.17, 15) is 4.79 Å². The third kappa shape index (κ3) is 2.86. The second-order valence-corrected chi connectivity index (χ2v) is 11.8. The van der Waals surface area contributed by atoms with Gasteiger partial charge in [-0.1, -0.05) is 43.7 Å². The average Bonchev–Trinajstić information content (AvgIpc) is 3.40. The van der Waals surface area contributed by atoms with Crippen molar-refractivity contribution in [2.24, 2.45) is 23.2 Å². The lowest BCUT2D eigenvalue weighted by Crippen LogP contribution is -2.51. The van der Waals surface area contributed by atoms with Crippen LogP contribution in [0.1, 0.15) is 63.9 Å². The highest BCUT2D eigenvalue weighted by Crippen LogP contribution is 2.68. The fourth-order valence-corrected chi connectivity index (χ4v) is 8.37. The van der Waals surface area contributed by atoms with Crippen LogP contribution in [0.5, 0.6) is 0 Å². The summed E-state index contributed by atoms with van der Waals surface area (Å²) >= 11 is 1.81. The van der Waals surface area contributed by atoms with Crippen molar-refractivity contribution in [2.45, 2.75) is 68.8 Å². The number of ether oxygens (including phenoxy) is 1. The molecule has 2 saturated carbocycles. The van der Waals surface area contributed by atoms with Crippen molar-refractivity contribution in [3.8, 4) is 0 Å². The molecule has 0 N–H and O–H groups in total. The number of allylic oxidation sites excluding steroid dienone is 4. The second kappa shape index (κ2) is 7.46. The normalized spacial score (nSPS) is 40.3. The van der Waals surface area contributed by atoms with Crippen molar-refractivity contribution in [2.75, 3.05) is 12.9 Å². The average molecular weight is 447 g/mol. The van der Waals surface area contributed by atoms with Crippen molar-refractivity contribution in [1.29, 1.82) is 0 Å². The largest absolute Gasteiger partial charge is 0.366 e. The molecule has 1 heterocycles. The van der Waals surface area contributed by atoms with Gasteiger partial charge in [0.05, 0.1) is 12.2 Å². The molecule has 2 nitrogen and oxygen atoms in total. The minimum atomic E-state index is -0.0860. The molecule has 0 amide bonds. The predicted molar refractivity (Wildman–Crippen MR) is 131 cm³/mol. The van der Waals surface area contributed by atoms with E-state index in [-0.39, 0.29) is 16.9 Å². The Kier molecular flexibility index (Phi) is 4.90. The summed E-state index contributed by atoms with van der Waals surface area (Å²) in [5.41, 5.74) is 6.09. The SMILES string of the molecule is CSc1ccc([C@H]2C[C@@]3(C)[C@@H](CC[C@@]34C=CCO4)[C@@H]3CCC4=CC(=O)[C@@H](C)CC4=C32)cc1. The molecule has 4 aliphatic carbocycles. The van der Waals surface area contributed by atoms with Gasteiger partial charge >= 0.3 is 0 Å². The summed E-state index contributed by atoms with van der Waals surface area (Å²) in [7, 11) is 0. The second-order valence-electron chi connectivity index (χ2n) is 11.0. The Morgan fingerprint density at radius 1 is 1.16 bits per heavy atom. The van der Waals surface area contributed by atoms with Crippen molar-refractivity contribution in [3.05, 3.63) is 64.8 Å². The Morgan fingerprint density at radius 3 is 2.69 bits per heavy atom. The van der Waals surface area contributed by atoms with Crippen molar-refractivity contribution >= 4 is 17.5 Å². The molecule has 2 fully saturated rings. The maximum absolute atomic E-state index is 12.5. The van der Waals surface area contributed by atoms with Crippen molar-refractivity contribution < 1.29 is 9.53 Å². The van der Waals surface area contributed by atoms with E-state index in [0.29, 0.717) is 23.5 Å². The van der Waals surface area contributed by atoms with E-state index < -0.39 is 0 Å². The minimum Gasteiger partial charge on any atom is -0.366 e. The van der Waals surface area contributed by atoms with Crippen LogP contribution in [0, 0.1) is 23.2 Å². The van der Waals surface area contributed by atoms with Gasteiger partial charge in [0.1, 0.15) is 0 Å². The summed E-state index contributed by atoms with van der Waals surface area (Å²) in [6.45, 7) is 5.41. The Labute approximate surface area is 196 Å². The first-order valence-electron chi connectivity index (χ1n) is 12.4. The molecule has 0 saturated heterocycles. The van der Waals surface area contributed by atoms with E-state index in [1.807, 2.05) is 17.8 Å². The van der Waals surface area contributed by atoms with Gasteiger partial charge in [-0.15, -0.1) is 11.8 Å². The summed E-state index contributed by atoms with van der Waals surface area (Å²) in [6, 6.07) is 9.32. The van der Waals surface area contributed by atoms with E-state index in [2.05, 4.69) is 56.5 Å². The molecule has 1 aliphatic heterocycles. The molecule has 5 aliphatic rings. The molecule has 6 atom stereocenters. The summed E-state index contributed by atoms with van der Waals surface area (Å²) in [4.78, 5) is 13.8. The Morgan fingerprint density at radius 2 is 1.97 bits per heavy atom. The number of hydrogen-bond donors (Lipinski definition) is 0. The van der Waals surface area contributed by atoms with Gasteiger partial charge in [-0.05, 0) is 91.5 Å². The molecular formula is C29H34O2S. The van der Waals surface area contributed by atoms with Crippen LogP contribution in [-0.4, -0.2) is 24.2 Å². The monoisotopic (exact) mass is 446 g/mol. The van der Waals surface area contributed by atoms with E-state index in [0.717, 1.165) is 32.3 Å². The summed E-state index contributed by atoms with van der Waals surface area (Å²) in [5, 5.41) is 0. The summed E-state index contributed by atoms with van der Waals surface area (Å²) in [5.74, 6) is 2.15. The Bertz CT molecular complexity index is 1050. The van der Waals surface area contributed by atoms with Gasteiger partial charge in [0.2, 0.25) is 0 Å². The van der Waals surface area contributed by atoms with Crippen LogP contribution in [0.3, 0.4) is 0 Å². The fourth-order valence-electron chi connectivity index (χ4n) is 7.96. The molecule has 6 rings (SSSR count). The van der Waals surface area contributed by atoms with Crippen LogP contribution in [-0.2, 0) is 9.53 Å². The van der Waals surface area contributed by atoms with E-state index in [4.69, 9.17) is 4.74 Å². The maximum atomic E-state index is 12.5. The number of benzene rings is 1. The molecule has 1 spiro atoms. The molecule has 0 bridgehead atoms. The van der Waals surface area contributed by atoms with Crippen molar-refractivity contribution in [1.82, 2.24) is 0 Å². The highest BCUT2D eigenvalue weighted by atomic mass is 32.2. The van der Waals surface area contributed by atoms with Crippen LogP contribution in [0.2, 0.25) is 0 Å². The van der Waals surface area contributed by atoms with E-state index in [1.165, 1.54) is 34.4 Å². The number of ketones is 1. The highest BCUT2D eigenvalue weighted by molar-refractivity contribution is 7.98. The molecular weight excluding hydrogens is 412 g/mol. The van der Waals surface area contributed by atoms with Crippen LogP contribution in [0.4, 0.5) is 0 Å². The first-order valence-corrected chi connectivity index (χ1v) is 13.6. The predicted octanol–water partition coefficient (Wildman–Crippen LogP) is 6.88. The third-order valence-electron chi connectivity index (χ3n) is 9.62. The number of carbonyl (C=O) groups is 1. The molecule has 1 aromatic carbocycles. The number of carbonyl (C=O) groups excluding carboxylic acids is 1. The number of fused-ring (bicyclic) bond motifs is 5. The minimum absolute atomic E-state index is 0.0860. The highest BCUT2D eigenvalue weighted by Gasteiger charge is 2.63. The topological polar surface area (TPSA) is 26.3 Å². The van der Waals surface area contributed by atoms with Crippen LogP contribution >= 0.6 is 11.8 Å². The van der Waals surface area contributed by atoms with E-state index >= 15 is 0 Å². The quantitative estimate of drug-likeness (QED) is 0.366. The lowest BCUT2D eigenvalue weighted by molar-refractivity contribution is -0.118. The number of thioether (sulfide) groups is 1. The summed E-state index contributed by atoms with van der Waals surface area (Å²) < 4.78 is 6.53. The van der Waals surface area contributed by atoms with Gasteiger partial charge in [0.25, 0.3) is 0 Å². The van der Waals surface area contributed by atoms with Gasteiger partial charge in [0.15, 0.2) is 5.78 Å². The van der Waals surface area contributed by atoms with Crippen LogP contribution in [0.25, 0.3) is 0 Å². The summed E-state index contributed by atoms with van der Waals surface area (Å²) in [6.07, 6.45) is 15.5. The smallest absolute Gasteiger partial charge is 0.159 e. The molecule has 1 aromatic rings. The molecule has 0 radical (unpaired) electrons. The Hall–Kier alpha value is -1.58. The molecule has 0 aromatic heterocycles.